The number of hydrazone groups is 1. The lowest BCUT2D eigenvalue weighted by molar-refractivity contribution is -0.119. The predicted molar refractivity (Wildman–Crippen MR) is 116 cm³/mol. The molecule has 0 aliphatic carbocycles. The van der Waals surface area contributed by atoms with Crippen molar-refractivity contribution < 1.29 is 18.3 Å². The van der Waals surface area contributed by atoms with Crippen molar-refractivity contribution in [2.75, 3.05) is 10.8 Å². The molecule has 30 heavy (non-hydrogen) atoms. The summed E-state index contributed by atoms with van der Waals surface area (Å²) >= 11 is 5.91. The molecule has 7 nitrogen and oxygen atoms in total. The summed E-state index contributed by atoms with van der Waals surface area (Å²) in [6, 6.07) is 20.4. The SMILES string of the molecule is O=C(CN(c1ccc(Cl)cc1)S(=O)(=O)c1ccccc1)NN=Cc1ccccc1O. The largest absolute Gasteiger partial charge is 0.507 e. The summed E-state index contributed by atoms with van der Waals surface area (Å²) in [4.78, 5) is 12.5. The number of nitrogens with one attached hydrogen (secondary N) is 1. The number of rotatable bonds is 7. The number of amides is 1. The van der Waals surface area contributed by atoms with Crippen LogP contribution < -0.4 is 9.73 Å². The molecule has 0 radical (unpaired) electrons. The Kier molecular flexibility index (Phi) is 6.71. The van der Waals surface area contributed by atoms with E-state index < -0.39 is 22.5 Å². The Morgan fingerprint density at radius 2 is 1.63 bits per heavy atom. The van der Waals surface area contributed by atoms with Crippen LogP contribution in [0.25, 0.3) is 0 Å². The second kappa shape index (κ2) is 9.43. The topological polar surface area (TPSA) is 99.1 Å². The summed E-state index contributed by atoms with van der Waals surface area (Å²) in [6.07, 6.45) is 1.27. The van der Waals surface area contributed by atoms with Gasteiger partial charge < -0.3 is 5.11 Å². The van der Waals surface area contributed by atoms with Crippen molar-refractivity contribution in [1.29, 1.82) is 0 Å². The predicted octanol–water partition coefficient (Wildman–Crippen LogP) is 3.39. The fourth-order valence-electron chi connectivity index (χ4n) is 2.58. The van der Waals surface area contributed by atoms with Gasteiger partial charge in [0.2, 0.25) is 0 Å². The minimum atomic E-state index is -4.01. The Morgan fingerprint density at radius 1 is 1.00 bits per heavy atom. The normalized spacial score (nSPS) is 11.4. The maximum absolute atomic E-state index is 13.1. The summed E-state index contributed by atoms with van der Waals surface area (Å²) in [5, 5.41) is 14.0. The van der Waals surface area contributed by atoms with Gasteiger partial charge in [-0.2, -0.15) is 5.10 Å². The van der Waals surface area contributed by atoms with Gasteiger partial charge in [0.25, 0.3) is 15.9 Å². The van der Waals surface area contributed by atoms with E-state index in [-0.39, 0.29) is 16.3 Å². The molecule has 1 amide bonds. The molecule has 154 valence electrons. The van der Waals surface area contributed by atoms with E-state index in [0.29, 0.717) is 10.6 Å². The maximum atomic E-state index is 13.1. The Morgan fingerprint density at radius 3 is 2.30 bits per heavy atom. The summed E-state index contributed by atoms with van der Waals surface area (Å²) < 4.78 is 27.2. The van der Waals surface area contributed by atoms with Crippen molar-refractivity contribution in [2.45, 2.75) is 4.90 Å². The van der Waals surface area contributed by atoms with E-state index >= 15 is 0 Å². The Labute approximate surface area is 179 Å². The molecule has 0 saturated carbocycles. The number of para-hydroxylation sites is 1. The highest BCUT2D eigenvalue weighted by Crippen LogP contribution is 2.25. The average Bonchev–Trinajstić information content (AvgIpc) is 2.75. The van der Waals surface area contributed by atoms with E-state index in [1.54, 1.807) is 48.5 Å². The first kappa shape index (κ1) is 21.4. The number of halogens is 1. The second-order valence-electron chi connectivity index (χ2n) is 6.15. The molecule has 3 rings (SSSR count). The number of benzene rings is 3. The highest BCUT2D eigenvalue weighted by Gasteiger charge is 2.27. The lowest BCUT2D eigenvalue weighted by atomic mass is 10.2. The van der Waals surface area contributed by atoms with E-state index in [1.807, 2.05) is 0 Å². The molecule has 0 atom stereocenters. The number of phenols is 1. The summed E-state index contributed by atoms with van der Waals surface area (Å²) in [5.74, 6) is -0.652. The van der Waals surface area contributed by atoms with E-state index in [2.05, 4.69) is 10.5 Å². The van der Waals surface area contributed by atoms with E-state index in [0.717, 1.165) is 4.31 Å². The van der Waals surface area contributed by atoms with Gasteiger partial charge in [-0.05, 0) is 48.5 Å². The molecule has 0 fully saturated rings. The van der Waals surface area contributed by atoms with Gasteiger partial charge >= 0.3 is 0 Å². The van der Waals surface area contributed by atoms with Crippen molar-refractivity contribution >= 4 is 39.4 Å². The summed E-state index contributed by atoms with van der Waals surface area (Å²) in [6.45, 7) is -0.503. The minimum Gasteiger partial charge on any atom is -0.507 e. The zero-order chi connectivity index (χ0) is 21.6. The fourth-order valence-corrected chi connectivity index (χ4v) is 4.15. The Hall–Kier alpha value is -3.36. The summed E-state index contributed by atoms with van der Waals surface area (Å²) in [5.41, 5.74) is 2.97. The van der Waals surface area contributed by atoms with Crippen LogP contribution in [0.2, 0.25) is 5.02 Å². The third kappa shape index (κ3) is 5.16. The monoisotopic (exact) mass is 443 g/mol. The maximum Gasteiger partial charge on any atom is 0.264 e. The molecule has 2 N–H and O–H groups in total. The molecule has 0 heterocycles. The van der Waals surface area contributed by atoms with E-state index in [4.69, 9.17) is 11.6 Å². The molecule has 0 spiro atoms. The number of phenolic OH excluding ortho intramolecular Hbond substituents is 1. The molecule has 0 aliphatic heterocycles. The molecule has 0 unspecified atom stereocenters. The minimum absolute atomic E-state index is 0.00458. The molecule has 9 heteroatoms. The van der Waals surface area contributed by atoms with Crippen LogP contribution in [0.15, 0.2) is 88.9 Å². The van der Waals surface area contributed by atoms with Crippen molar-refractivity contribution in [1.82, 2.24) is 5.43 Å². The van der Waals surface area contributed by atoms with Crippen LogP contribution in [0, 0.1) is 0 Å². The molecule has 0 aliphatic rings. The van der Waals surface area contributed by atoms with Gasteiger partial charge in [-0.3, -0.25) is 9.10 Å². The average molecular weight is 444 g/mol. The van der Waals surface area contributed by atoms with Gasteiger partial charge in [0, 0.05) is 10.6 Å². The molecule has 0 bridgehead atoms. The molecular formula is C21H18ClN3O4S. The third-order valence-corrected chi connectivity index (χ3v) is 6.10. The number of anilines is 1. The van der Waals surface area contributed by atoms with Crippen molar-refractivity contribution in [2.24, 2.45) is 5.10 Å². The first-order valence-corrected chi connectivity index (χ1v) is 10.6. The van der Waals surface area contributed by atoms with Crippen LogP contribution in [0.5, 0.6) is 5.75 Å². The van der Waals surface area contributed by atoms with E-state index in [1.165, 1.54) is 36.5 Å². The number of nitrogens with zero attached hydrogens (tertiary/aromatic N) is 2. The highest BCUT2D eigenvalue weighted by molar-refractivity contribution is 7.92. The number of carbonyl (C=O) groups is 1. The lowest BCUT2D eigenvalue weighted by Gasteiger charge is -2.23. The highest BCUT2D eigenvalue weighted by atomic mass is 35.5. The quantitative estimate of drug-likeness (QED) is 0.432. The first-order chi connectivity index (χ1) is 14.4. The van der Waals surface area contributed by atoms with Crippen LogP contribution >= 0.6 is 11.6 Å². The number of carbonyl (C=O) groups excluding carboxylic acids is 1. The molecule has 3 aromatic rings. The van der Waals surface area contributed by atoms with Crippen LogP contribution in [-0.4, -0.2) is 32.2 Å². The molecule has 0 saturated heterocycles. The number of sulfonamides is 1. The van der Waals surface area contributed by atoms with Gasteiger partial charge in [-0.1, -0.05) is 41.9 Å². The van der Waals surface area contributed by atoms with E-state index in [9.17, 15) is 18.3 Å². The van der Waals surface area contributed by atoms with Crippen LogP contribution in [0.1, 0.15) is 5.56 Å². The van der Waals surface area contributed by atoms with Crippen molar-refractivity contribution in [3.8, 4) is 5.75 Å². The zero-order valence-corrected chi connectivity index (χ0v) is 17.2. The smallest absolute Gasteiger partial charge is 0.264 e. The van der Waals surface area contributed by atoms with Gasteiger partial charge in [0.1, 0.15) is 12.3 Å². The zero-order valence-electron chi connectivity index (χ0n) is 15.6. The van der Waals surface area contributed by atoms with Gasteiger partial charge in [-0.25, -0.2) is 13.8 Å². The molecular weight excluding hydrogens is 426 g/mol. The van der Waals surface area contributed by atoms with Gasteiger partial charge in [0.05, 0.1) is 16.8 Å². The second-order valence-corrected chi connectivity index (χ2v) is 8.45. The fraction of sp³-hybridized carbons (Fsp3) is 0.0476. The number of aromatic hydroxyl groups is 1. The number of hydrogen-bond acceptors (Lipinski definition) is 5. The van der Waals surface area contributed by atoms with Gasteiger partial charge in [-0.15, -0.1) is 0 Å². The standard InChI is InChI=1S/C21H18ClN3O4S/c22-17-10-12-18(13-11-17)25(30(28,29)19-7-2-1-3-8-19)15-21(27)24-23-14-16-6-4-5-9-20(16)26/h1-14,26H,15H2,(H,24,27). The van der Waals surface area contributed by atoms with Crippen molar-refractivity contribution in [3.63, 3.8) is 0 Å². The Balaban J connectivity index is 1.83. The van der Waals surface area contributed by atoms with Crippen LogP contribution in [-0.2, 0) is 14.8 Å². The van der Waals surface area contributed by atoms with Crippen LogP contribution in [0.4, 0.5) is 5.69 Å². The lowest BCUT2D eigenvalue weighted by Crippen LogP contribution is -2.39. The Bertz CT molecular complexity index is 1150. The molecule has 0 aromatic heterocycles. The molecule has 3 aromatic carbocycles. The van der Waals surface area contributed by atoms with Gasteiger partial charge in [0.15, 0.2) is 0 Å². The first-order valence-electron chi connectivity index (χ1n) is 8.81. The summed E-state index contributed by atoms with van der Waals surface area (Å²) in [7, 11) is -4.01. The third-order valence-electron chi connectivity index (χ3n) is 4.06. The number of hydrogen-bond donors (Lipinski definition) is 2. The van der Waals surface area contributed by atoms with Crippen LogP contribution in [0.3, 0.4) is 0 Å². The van der Waals surface area contributed by atoms with Crippen molar-refractivity contribution in [3.05, 3.63) is 89.4 Å².